The lowest BCUT2D eigenvalue weighted by atomic mass is 9.91. The number of nitrogens with zero attached hydrogens (tertiary/aromatic N) is 1. The van der Waals surface area contributed by atoms with Crippen molar-refractivity contribution >= 4 is 0 Å². The number of rotatable bonds is 2. The molecule has 0 radical (unpaired) electrons. The van der Waals surface area contributed by atoms with Gasteiger partial charge in [-0.3, -0.25) is 4.90 Å². The number of halogens is 1. The largest absolute Gasteiger partial charge is 0.330 e. The summed E-state index contributed by atoms with van der Waals surface area (Å²) in [5.74, 6) is 0.294. The van der Waals surface area contributed by atoms with Gasteiger partial charge in [-0.1, -0.05) is 6.07 Å². The van der Waals surface area contributed by atoms with Gasteiger partial charge in [-0.2, -0.15) is 0 Å². The maximum absolute atomic E-state index is 13.3. The zero-order valence-corrected chi connectivity index (χ0v) is 9.91. The van der Waals surface area contributed by atoms with Gasteiger partial charge in [0.15, 0.2) is 0 Å². The highest BCUT2D eigenvalue weighted by Crippen LogP contribution is 2.37. The molecule has 1 aromatic carbocycles. The second kappa shape index (κ2) is 4.52. The van der Waals surface area contributed by atoms with Crippen LogP contribution in [0.3, 0.4) is 0 Å². The molecule has 2 rings (SSSR count). The van der Waals surface area contributed by atoms with E-state index in [1.165, 1.54) is 6.07 Å². The van der Waals surface area contributed by atoms with Crippen molar-refractivity contribution in [2.24, 2.45) is 11.7 Å². The Labute approximate surface area is 96.2 Å². The molecule has 1 aliphatic rings. The van der Waals surface area contributed by atoms with Gasteiger partial charge in [0.1, 0.15) is 5.82 Å². The lowest BCUT2D eigenvalue weighted by Crippen LogP contribution is -2.25. The minimum atomic E-state index is -0.156. The van der Waals surface area contributed by atoms with Crippen molar-refractivity contribution in [3.8, 4) is 0 Å². The van der Waals surface area contributed by atoms with Crippen LogP contribution in [0.1, 0.15) is 23.6 Å². The lowest BCUT2D eigenvalue weighted by molar-refractivity contribution is 0.278. The zero-order valence-electron chi connectivity index (χ0n) is 9.91. The summed E-state index contributed by atoms with van der Waals surface area (Å²) in [5, 5.41) is 0. The summed E-state index contributed by atoms with van der Waals surface area (Å²) in [4.78, 5) is 2.28. The van der Waals surface area contributed by atoms with Crippen LogP contribution in [0.2, 0.25) is 0 Å². The first kappa shape index (κ1) is 11.6. The Morgan fingerprint density at radius 1 is 1.50 bits per heavy atom. The standard InChI is InChI=1S/C13H19FN2/c1-9-3-4-11(14)7-12(9)13-10(8-15)5-6-16(13)2/h3-4,7,10,13H,5-6,8,15H2,1-2H3. The number of aryl methyl sites for hydroxylation is 1. The average molecular weight is 222 g/mol. The molecule has 0 amide bonds. The molecule has 1 aromatic rings. The van der Waals surface area contributed by atoms with Crippen LogP contribution in [0, 0.1) is 18.7 Å². The first-order valence-corrected chi connectivity index (χ1v) is 5.80. The summed E-state index contributed by atoms with van der Waals surface area (Å²) in [6.07, 6.45) is 1.10. The van der Waals surface area contributed by atoms with Crippen LogP contribution >= 0.6 is 0 Å². The summed E-state index contributed by atoms with van der Waals surface area (Å²) in [6, 6.07) is 5.31. The first-order chi connectivity index (χ1) is 7.63. The molecule has 0 bridgehead atoms. The van der Waals surface area contributed by atoms with Crippen LogP contribution in [0.4, 0.5) is 4.39 Å². The van der Waals surface area contributed by atoms with Gasteiger partial charge in [0.2, 0.25) is 0 Å². The maximum atomic E-state index is 13.3. The Balaban J connectivity index is 2.37. The van der Waals surface area contributed by atoms with Gasteiger partial charge in [-0.15, -0.1) is 0 Å². The van der Waals surface area contributed by atoms with Crippen molar-refractivity contribution in [1.29, 1.82) is 0 Å². The molecule has 0 aromatic heterocycles. The molecule has 0 saturated carbocycles. The molecule has 1 heterocycles. The summed E-state index contributed by atoms with van der Waals surface area (Å²) >= 11 is 0. The van der Waals surface area contributed by atoms with E-state index in [2.05, 4.69) is 11.9 Å². The van der Waals surface area contributed by atoms with Crippen LogP contribution in [-0.2, 0) is 0 Å². The number of nitrogens with two attached hydrogens (primary N) is 1. The predicted octanol–water partition coefficient (Wildman–Crippen LogP) is 2.09. The van der Waals surface area contributed by atoms with Gasteiger partial charge in [0.25, 0.3) is 0 Å². The first-order valence-electron chi connectivity index (χ1n) is 5.80. The monoisotopic (exact) mass is 222 g/mol. The Morgan fingerprint density at radius 2 is 2.25 bits per heavy atom. The molecule has 16 heavy (non-hydrogen) atoms. The van der Waals surface area contributed by atoms with Crippen molar-refractivity contribution in [1.82, 2.24) is 4.90 Å². The van der Waals surface area contributed by atoms with Crippen molar-refractivity contribution in [3.63, 3.8) is 0 Å². The summed E-state index contributed by atoms with van der Waals surface area (Å²) < 4.78 is 13.3. The molecular formula is C13H19FN2. The Bertz CT molecular complexity index is 378. The van der Waals surface area contributed by atoms with E-state index >= 15 is 0 Å². The third kappa shape index (κ3) is 1.97. The Morgan fingerprint density at radius 3 is 2.94 bits per heavy atom. The topological polar surface area (TPSA) is 29.3 Å². The smallest absolute Gasteiger partial charge is 0.123 e. The van der Waals surface area contributed by atoms with E-state index in [4.69, 9.17) is 5.73 Å². The molecule has 0 aliphatic carbocycles. The third-order valence-corrected chi connectivity index (χ3v) is 3.64. The van der Waals surface area contributed by atoms with Crippen molar-refractivity contribution in [2.45, 2.75) is 19.4 Å². The number of benzene rings is 1. The predicted molar refractivity (Wildman–Crippen MR) is 63.7 cm³/mol. The van der Waals surface area contributed by atoms with Crippen LogP contribution in [0.5, 0.6) is 0 Å². The van der Waals surface area contributed by atoms with Gasteiger partial charge in [0, 0.05) is 6.04 Å². The molecule has 2 nitrogen and oxygen atoms in total. The second-order valence-corrected chi connectivity index (χ2v) is 4.71. The van der Waals surface area contributed by atoms with Crippen molar-refractivity contribution in [2.75, 3.05) is 20.1 Å². The van der Waals surface area contributed by atoms with E-state index < -0.39 is 0 Å². The lowest BCUT2D eigenvalue weighted by Gasteiger charge is -2.26. The van der Waals surface area contributed by atoms with Gasteiger partial charge in [-0.25, -0.2) is 4.39 Å². The zero-order chi connectivity index (χ0) is 11.7. The van der Waals surface area contributed by atoms with Gasteiger partial charge in [-0.05, 0) is 62.7 Å². The summed E-state index contributed by atoms with van der Waals surface area (Å²) in [5.41, 5.74) is 8.04. The number of hydrogen-bond acceptors (Lipinski definition) is 2. The minimum Gasteiger partial charge on any atom is -0.330 e. The van der Waals surface area contributed by atoms with Crippen LogP contribution in [-0.4, -0.2) is 25.0 Å². The van der Waals surface area contributed by atoms with E-state index in [1.807, 2.05) is 13.0 Å². The molecule has 1 aliphatic heterocycles. The maximum Gasteiger partial charge on any atom is 0.123 e. The Kier molecular flexibility index (Phi) is 3.26. The molecule has 1 fully saturated rings. The van der Waals surface area contributed by atoms with Crippen molar-refractivity contribution < 1.29 is 4.39 Å². The molecule has 3 heteroatoms. The van der Waals surface area contributed by atoms with E-state index in [-0.39, 0.29) is 11.9 Å². The molecular weight excluding hydrogens is 203 g/mol. The number of likely N-dealkylation sites (tertiary alicyclic amines) is 1. The van der Waals surface area contributed by atoms with Crippen LogP contribution in [0.15, 0.2) is 18.2 Å². The number of hydrogen-bond donors (Lipinski definition) is 1. The van der Waals surface area contributed by atoms with Gasteiger partial charge < -0.3 is 5.73 Å². The average Bonchev–Trinajstić information content (AvgIpc) is 2.63. The fraction of sp³-hybridized carbons (Fsp3) is 0.538. The highest BCUT2D eigenvalue weighted by molar-refractivity contribution is 5.31. The molecule has 88 valence electrons. The Hall–Kier alpha value is -0.930. The van der Waals surface area contributed by atoms with Gasteiger partial charge in [0.05, 0.1) is 0 Å². The van der Waals surface area contributed by atoms with Crippen LogP contribution in [0.25, 0.3) is 0 Å². The second-order valence-electron chi connectivity index (χ2n) is 4.71. The quantitative estimate of drug-likeness (QED) is 0.830. The highest BCUT2D eigenvalue weighted by Gasteiger charge is 2.32. The fourth-order valence-corrected chi connectivity index (χ4v) is 2.69. The molecule has 2 unspecified atom stereocenters. The van der Waals surface area contributed by atoms with Gasteiger partial charge >= 0.3 is 0 Å². The molecule has 2 N–H and O–H groups in total. The van der Waals surface area contributed by atoms with E-state index in [1.54, 1.807) is 6.07 Å². The SMILES string of the molecule is Cc1ccc(F)cc1C1C(CN)CCN1C. The van der Waals surface area contributed by atoms with E-state index in [0.717, 1.165) is 24.1 Å². The third-order valence-electron chi connectivity index (χ3n) is 3.64. The normalized spacial score (nSPS) is 26.2. The molecule has 2 atom stereocenters. The fourth-order valence-electron chi connectivity index (χ4n) is 2.69. The molecule has 1 saturated heterocycles. The van der Waals surface area contributed by atoms with Crippen LogP contribution < -0.4 is 5.73 Å². The minimum absolute atomic E-state index is 0.156. The molecule has 0 spiro atoms. The summed E-state index contributed by atoms with van der Waals surface area (Å²) in [6.45, 7) is 3.75. The summed E-state index contributed by atoms with van der Waals surface area (Å²) in [7, 11) is 2.09. The van der Waals surface area contributed by atoms with Crippen molar-refractivity contribution in [3.05, 3.63) is 35.1 Å². The highest BCUT2D eigenvalue weighted by atomic mass is 19.1. The van der Waals surface area contributed by atoms with E-state index in [0.29, 0.717) is 12.5 Å². The van der Waals surface area contributed by atoms with E-state index in [9.17, 15) is 4.39 Å².